The molecule has 0 unspecified atom stereocenters. The number of ether oxygens (including phenoxy) is 1. The lowest BCUT2D eigenvalue weighted by Crippen LogP contribution is -2.21. The van der Waals surface area contributed by atoms with Gasteiger partial charge in [-0.3, -0.25) is 10.1 Å². The van der Waals surface area contributed by atoms with E-state index in [1.807, 2.05) is 0 Å². The van der Waals surface area contributed by atoms with Crippen molar-refractivity contribution in [3.05, 3.63) is 58.4 Å². The van der Waals surface area contributed by atoms with E-state index in [0.717, 1.165) is 17.4 Å². The SMILES string of the molecule is O=C(COC(=O)c1ccccc1Cl)Nc1nc2c(F)c(F)c(F)cc2s1. The van der Waals surface area contributed by atoms with Crippen molar-refractivity contribution in [2.45, 2.75) is 0 Å². The summed E-state index contributed by atoms with van der Waals surface area (Å²) in [6.45, 7) is -0.648. The molecule has 0 saturated carbocycles. The number of aromatic nitrogens is 1. The van der Waals surface area contributed by atoms with Gasteiger partial charge in [-0.1, -0.05) is 35.1 Å². The van der Waals surface area contributed by atoms with Gasteiger partial charge < -0.3 is 4.74 Å². The first-order valence-corrected chi connectivity index (χ1v) is 8.22. The molecule has 3 aromatic rings. The number of benzene rings is 2. The van der Waals surface area contributed by atoms with Crippen molar-refractivity contribution in [2.75, 3.05) is 11.9 Å². The maximum Gasteiger partial charge on any atom is 0.340 e. The lowest BCUT2D eigenvalue weighted by atomic mass is 10.2. The zero-order valence-electron chi connectivity index (χ0n) is 12.7. The topological polar surface area (TPSA) is 68.3 Å². The third-order valence-corrected chi connectivity index (χ3v) is 4.44. The first kappa shape index (κ1) is 18.2. The van der Waals surface area contributed by atoms with Crippen molar-refractivity contribution < 1.29 is 27.5 Å². The highest BCUT2D eigenvalue weighted by atomic mass is 35.5. The fourth-order valence-electron chi connectivity index (χ4n) is 2.02. The quantitative estimate of drug-likeness (QED) is 0.527. The number of hydrogen-bond acceptors (Lipinski definition) is 5. The van der Waals surface area contributed by atoms with Gasteiger partial charge in [-0.05, 0) is 18.2 Å². The van der Waals surface area contributed by atoms with Crippen LogP contribution >= 0.6 is 22.9 Å². The van der Waals surface area contributed by atoms with Crippen molar-refractivity contribution in [1.82, 2.24) is 4.98 Å². The summed E-state index contributed by atoms with van der Waals surface area (Å²) in [6.07, 6.45) is 0. The molecule has 0 bridgehead atoms. The predicted octanol–water partition coefficient (Wildman–Crippen LogP) is 4.16. The van der Waals surface area contributed by atoms with E-state index in [-0.39, 0.29) is 20.4 Å². The molecular weight excluding hydrogens is 393 g/mol. The van der Waals surface area contributed by atoms with Crippen LogP contribution in [0.25, 0.3) is 10.2 Å². The molecule has 1 heterocycles. The second-order valence-electron chi connectivity index (χ2n) is 4.96. The molecule has 0 aliphatic carbocycles. The molecule has 0 spiro atoms. The van der Waals surface area contributed by atoms with Gasteiger partial charge in [0.1, 0.15) is 5.52 Å². The van der Waals surface area contributed by atoms with Gasteiger partial charge in [-0.25, -0.2) is 22.9 Å². The van der Waals surface area contributed by atoms with Crippen LogP contribution < -0.4 is 5.32 Å². The highest BCUT2D eigenvalue weighted by Gasteiger charge is 2.19. The molecule has 0 atom stereocenters. The van der Waals surface area contributed by atoms with Gasteiger partial charge in [0.2, 0.25) is 0 Å². The van der Waals surface area contributed by atoms with Crippen LogP contribution in [0.2, 0.25) is 5.02 Å². The van der Waals surface area contributed by atoms with Crippen LogP contribution in [0.4, 0.5) is 18.3 Å². The third kappa shape index (κ3) is 3.63. The van der Waals surface area contributed by atoms with E-state index in [9.17, 15) is 22.8 Å². The van der Waals surface area contributed by atoms with Gasteiger partial charge in [-0.15, -0.1) is 0 Å². The smallest absolute Gasteiger partial charge is 0.340 e. The van der Waals surface area contributed by atoms with E-state index < -0.39 is 41.5 Å². The molecule has 0 aliphatic heterocycles. The van der Waals surface area contributed by atoms with Crippen molar-refractivity contribution in [3.8, 4) is 0 Å². The highest BCUT2D eigenvalue weighted by molar-refractivity contribution is 7.22. The number of carbonyl (C=O) groups excluding carboxylic acids is 2. The Labute approximate surface area is 153 Å². The average Bonchev–Trinajstić information content (AvgIpc) is 3.00. The molecule has 0 saturated heterocycles. The van der Waals surface area contributed by atoms with Gasteiger partial charge in [0.25, 0.3) is 5.91 Å². The number of thiazole rings is 1. The summed E-state index contributed by atoms with van der Waals surface area (Å²) in [5, 5.41) is 2.34. The minimum absolute atomic E-state index is 0.0183. The van der Waals surface area contributed by atoms with Gasteiger partial charge in [0.15, 0.2) is 29.2 Å². The molecule has 134 valence electrons. The van der Waals surface area contributed by atoms with E-state index in [1.54, 1.807) is 12.1 Å². The third-order valence-electron chi connectivity index (χ3n) is 3.20. The maximum atomic E-state index is 13.6. The summed E-state index contributed by atoms with van der Waals surface area (Å²) >= 11 is 6.59. The Kier molecular flexibility index (Phi) is 5.10. The number of carbonyl (C=O) groups is 2. The van der Waals surface area contributed by atoms with Gasteiger partial charge >= 0.3 is 5.97 Å². The number of fused-ring (bicyclic) bond motifs is 1. The molecule has 0 aliphatic rings. The lowest BCUT2D eigenvalue weighted by molar-refractivity contribution is -0.119. The number of hydrogen-bond donors (Lipinski definition) is 1. The monoisotopic (exact) mass is 400 g/mol. The zero-order valence-corrected chi connectivity index (χ0v) is 14.3. The van der Waals surface area contributed by atoms with Crippen LogP contribution in [0.5, 0.6) is 0 Å². The number of amides is 1. The molecule has 0 fully saturated rings. The van der Waals surface area contributed by atoms with Crippen LogP contribution in [0.3, 0.4) is 0 Å². The number of nitrogens with one attached hydrogen (secondary N) is 1. The molecule has 5 nitrogen and oxygen atoms in total. The Balaban J connectivity index is 1.67. The van der Waals surface area contributed by atoms with Crippen LogP contribution in [0.15, 0.2) is 30.3 Å². The number of anilines is 1. The minimum Gasteiger partial charge on any atom is -0.452 e. The van der Waals surface area contributed by atoms with Crippen LogP contribution in [-0.2, 0) is 9.53 Å². The fraction of sp³-hybridized carbons (Fsp3) is 0.0625. The Hall–Kier alpha value is -2.65. The molecule has 1 N–H and O–H groups in total. The standard InChI is InChI=1S/C16H8ClF3N2O3S/c17-8-4-2-1-3-7(8)15(24)25-6-11(23)21-16-22-14-10(26-16)5-9(18)12(19)13(14)20/h1-5H,6H2,(H,21,22,23). The van der Waals surface area contributed by atoms with E-state index in [2.05, 4.69) is 10.3 Å². The molecule has 26 heavy (non-hydrogen) atoms. The van der Waals surface area contributed by atoms with E-state index in [4.69, 9.17) is 16.3 Å². The normalized spacial score (nSPS) is 10.8. The molecule has 1 amide bonds. The predicted molar refractivity (Wildman–Crippen MR) is 89.9 cm³/mol. The van der Waals surface area contributed by atoms with Crippen molar-refractivity contribution in [1.29, 1.82) is 0 Å². The Bertz CT molecular complexity index is 1030. The molecular formula is C16H8ClF3N2O3S. The molecule has 0 radical (unpaired) electrons. The summed E-state index contributed by atoms with van der Waals surface area (Å²) in [7, 11) is 0. The van der Waals surface area contributed by atoms with Crippen LogP contribution in [0.1, 0.15) is 10.4 Å². The zero-order chi connectivity index (χ0) is 18.8. The highest BCUT2D eigenvalue weighted by Crippen LogP contribution is 2.30. The maximum absolute atomic E-state index is 13.6. The van der Waals surface area contributed by atoms with Crippen molar-refractivity contribution in [2.24, 2.45) is 0 Å². The van der Waals surface area contributed by atoms with E-state index in [0.29, 0.717) is 0 Å². The fourth-order valence-corrected chi connectivity index (χ4v) is 3.14. The summed E-state index contributed by atoms with van der Waals surface area (Å²) in [4.78, 5) is 27.4. The van der Waals surface area contributed by atoms with E-state index >= 15 is 0 Å². The molecule has 2 aromatic carbocycles. The molecule has 1 aromatic heterocycles. The number of nitrogens with zero attached hydrogens (tertiary/aromatic N) is 1. The van der Waals surface area contributed by atoms with Gasteiger partial charge in [0.05, 0.1) is 15.3 Å². The Morgan fingerprint density at radius 2 is 1.92 bits per heavy atom. The van der Waals surface area contributed by atoms with Gasteiger partial charge in [-0.2, -0.15) is 0 Å². The summed E-state index contributed by atoms with van der Waals surface area (Å²) in [5.41, 5.74) is -0.313. The van der Waals surface area contributed by atoms with Crippen LogP contribution in [0, 0.1) is 17.5 Å². The first-order valence-electron chi connectivity index (χ1n) is 7.02. The first-order chi connectivity index (χ1) is 12.4. The van der Waals surface area contributed by atoms with Gasteiger partial charge in [0, 0.05) is 0 Å². The number of halogens is 4. The number of esters is 1. The van der Waals surface area contributed by atoms with Crippen LogP contribution in [-0.4, -0.2) is 23.5 Å². The summed E-state index contributed by atoms with van der Waals surface area (Å²) in [5.74, 6) is -6.00. The summed E-state index contributed by atoms with van der Waals surface area (Å²) in [6, 6.07) is 6.91. The summed E-state index contributed by atoms with van der Waals surface area (Å²) < 4.78 is 44.9. The van der Waals surface area contributed by atoms with Crippen molar-refractivity contribution >= 4 is 50.2 Å². The second-order valence-corrected chi connectivity index (χ2v) is 6.39. The van der Waals surface area contributed by atoms with Crippen molar-refractivity contribution in [3.63, 3.8) is 0 Å². The Morgan fingerprint density at radius 1 is 1.19 bits per heavy atom. The second kappa shape index (κ2) is 7.30. The molecule has 10 heteroatoms. The average molecular weight is 401 g/mol. The Morgan fingerprint density at radius 3 is 2.65 bits per heavy atom. The largest absolute Gasteiger partial charge is 0.452 e. The number of rotatable bonds is 4. The minimum atomic E-state index is -1.64. The molecule has 3 rings (SSSR count). The lowest BCUT2D eigenvalue weighted by Gasteiger charge is -2.05. The van der Waals surface area contributed by atoms with E-state index in [1.165, 1.54) is 12.1 Å².